The van der Waals surface area contributed by atoms with Crippen LogP contribution in [-0.4, -0.2) is 24.3 Å². The summed E-state index contributed by atoms with van der Waals surface area (Å²) in [6, 6.07) is 12.4. The predicted octanol–water partition coefficient (Wildman–Crippen LogP) is 3.73. The number of aliphatic carboxylic acids is 1. The second kappa shape index (κ2) is 7.18. The summed E-state index contributed by atoms with van der Waals surface area (Å²) in [7, 11) is 1.53. The van der Waals surface area contributed by atoms with Crippen molar-refractivity contribution in [2.75, 3.05) is 7.11 Å². The second-order valence-electron chi connectivity index (χ2n) is 4.87. The highest BCUT2D eigenvalue weighted by atomic mass is 35.5. The van der Waals surface area contributed by atoms with E-state index in [0.29, 0.717) is 22.1 Å². The fourth-order valence-electron chi connectivity index (χ4n) is 2.13. The molecule has 0 spiro atoms. The van der Waals surface area contributed by atoms with Gasteiger partial charge in [-0.2, -0.15) is 0 Å². The normalized spacial score (nSPS) is 11.8. The first-order valence-corrected chi connectivity index (χ1v) is 7.16. The standard InChI is InChI=1S/C17H17ClO4/c1-11-5-3-4-6-14(11)22-16(17(19)20)10-12-9-13(18)7-8-15(12)21-2/h3-9,16H,10H2,1-2H3,(H,19,20)/t16-/m0/s1. The van der Waals surface area contributed by atoms with Crippen LogP contribution in [0.5, 0.6) is 11.5 Å². The monoisotopic (exact) mass is 320 g/mol. The van der Waals surface area contributed by atoms with Crippen molar-refractivity contribution in [2.24, 2.45) is 0 Å². The molecule has 1 atom stereocenters. The molecule has 0 bridgehead atoms. The van der Waals surface area contributed by atoms with Crippen molar-refractivity contribution in [2.45, 2.75) is 19.4 Å². The van der Waals surface area contributed by atoms with E-state index in [0.717, 1.165) is 5.56 Å². The van der Waals surface area contributed by atoms with E-state index in [4.69, 9.17) is 21.1 Å². The fourth-order valence-corrected chi connectivity index (χ4v) is 2.32. The number of ether oxygens (including phenoxy) is 2. The molecule has 0 radical (unpaired) electrons. The molecule has 22 heavy (non-hydrogen) atoms. The first kappa shape index (κ1) is 16.2. The molecule has 2 rings (SSSR count). The van der Waals surface area contributed by atoms with E-state index in [-0.39, 0.29) is 6.42 Å². The number of benzene rings is 2. The van der Waals surface area contributed by atoms with Gasteiger partial charge in [0.2, 0.25) is 0 Å². The van der Waals surface area contributed by atoms with Crippen LogP contribution in [0.3, 0.4) is 0 Å². The Hall–Kier alpha value is -2.20. The number of methoxy groups -OCH3 is 1. The number of hydrogen-bond donors (Lipinski definition) is 1. The van der Waals surface area contributed by atoms with Gasteiger partial charge in [-0.25, -0.2) is 4.79 Å². The SMILES string of the molecule is COc1ccc(Cl)cc1C[C@H](Oc1ccccc1C)C(=O)O. The summed E-state index contributed by atoms with van der Waals surface area (Å²) in [5.41, 5.74) is 1.57. The lowest BCUT2D eigenvalue weighted by Gasteiger charge is -2.18. The summed E-state index contributed by atoms with van der Waals surface area (Å²) in [5, 5.41) is 9.94. The van der Waals surface area contributed by atoms with Crippen LogP contribution in [0.1, 0.15) is 11.1 Å². The molecule has 0 saturated carbocycles. The van der Waals surface area contributed by atoms with Crippen LogP contribution in [0.4, 0.5) is 0 Å². The zero-order valence-corrected chi connectivity index (χ0v) is 13.1. The summed E-state index contributed by atoms with van der Waals surface area (Å²) in [5.74, 6) is 0.102. The van der Waals surface area contributed by atoms with Crippen molar-refractivity contribution < 1.29 is 19.4 Å². The quantitative estimate of drug-likeness (QED) is 0.881. The summed E-state index contributed by atoms with van der Waals surface area (Å²) >= 11 is 5.98. The topological polar surface area (TPSA) is 55.8 Å². The molecule has 0 aliphatic rings. The minimum absolute atomic E-state index is 0.160. The Kier molecular flexibility index (Phi) is 5.28. The van der Waals surface area contributed by atoms with Crippen molar-refractivity contribution in [3.8, 4) is 11.5 Å². The van der Waals surface area contributed by atoms with Crippen LogP contribution < -0.4 is 9.47 Å². The Morgan fingerprint density at radius 1 is 1.23 bits per heavy atom. The third-order valence-electron chi connectivity index (χ3n) is 3.29. The number of halogens is 1. The number of carboxylic acids is 1. The highest BCUT2D eigenvalue weighted by Crippen LogP contribution is 2.26. The maximum atomic E-state index is 11.5. The average Bonchev–Trinajstić information content (AvgIpc) is 2.49. The number of hydrogen-bond acceptors (Lipinski definition) is 3. The van der Waals surface area contributed by atoms with Gasteiger partial charge in [0.05, 0.1) is 7.11 Å². The Morgan fingerprint density at radius 3 is 2.59 bits per heavy atom. The van der Waals surface area contributed by atoms with Gasteiger partial charge >= 0.3 is 5.97 Å². The van der Waals surface area contributed by atoms with Crippen molar-refractivity contribution in [1.29, 1.82) is 0 Å². The van der Waals surface area contributed by atoms with Crippen LogP contribution >= 0.6 is 11.6 Å². The Morgan fingerprint density at radius 2 is 1.95 bits per heavy atom. The van der Waals surface area contributed by atoms with Gasteiger partial charge in [0.25, 0.3) is 0 Å². The van der Waals surface area contributed by atoms with Gasteiger partial charge in [-0.15, -0.1) is 0 Å². The Labute approximate surface area is 134 Å². The van der Waals surface area contributed by atoms with Crippen molar-refractivity contribution >= 4 is 17.6 Å². The van der Waals surface area contributed by atoms with Crippen molar-refractivity contribution in [1.82, 2.24) is 0 Å². The molecule has 0 fully saturated rings. The second-order valence-corrected chi connectivity index (χ2v) is 5.31. The van der Waals surface area contributed by atoms with E-state index >= 15 is 0 Å². The smallest absolute Gasteiger partial charge is 0.345 e. The number of aryl methyl sites for hydroxylation is 1. The molecule has 0 amide bonds. The third-order valence-corrected chi connectivity index (χ3v) is 3.52. The van der Waals surface area contributed by atoms with E-state index in [1.807, 2.05) is 19.1 Å². The molecule has 0 unspecified atom stereocenters. The molecule has 2 aromatic rings. The molecular weight excluding hydrogens is 304 g/mol. The maximum absolute atomic E-state index is 11.5. The van der Waals surface area contributed by atoms with Gasteiger partial charge in [-0.3, -0.25) is 0 Å². The van der Waals surface area contributed by atoms with Gasteiger partial charge in [-0.05, 0) is 42.3 Å². The van der Waals surface area contributed by atoms with Crippen LogP contribution in [0.25, 0.3) is 0 Å². The molecule has 0 aliphatic carbocycles. The molecule has 0 saturated heterocycles. The van der Waals surface area contributed by atoms with E-state index in [1.54, 1.807) is 30.3 Å². The predicted molar refractivity (Wildman–Crippen MR) is 84.9 cm³/mol. The summed E-state index contributed by atoms with van der Waals surface area (Å²) in [6.07, 6.45) is -0.860. The molecule has 2 aromatic carbocycles. The minimum Gasteiger partial charge on any atom is -0.496 e. The highest BCUT2D eigenvalue weighted by molar-refractivity contribution is 6.30. The van der Waals surface area contributed by atoms with E-state index < -0.39 is 12.1 Å². The average molecular weight is 321 g/mol. The largest absolute Gasteiger partial charge is 0.496 e. The first-order valence-electron chi connectivity index (χ1n) is 6.78. The summed E-state index contributed by atoms with van der Waals surface area (Å²) in [6.45, 7) is 1.87. The lowest BCUT2D eigenvalue weighted by molar-refractivity contribution is -0.145. The van der Waals surface area contributed by atoms with E-state index in [9.17, 15) is 9.90 Å². The molecule has 0 aromatic heterocycles. The lowest BCUT2D eigenvalue weighted by atomic mass is 10.1. The first-order chi connectivity index (χ1) is 10.5. The lowest BCUT2D eigenvalue weighted by Crippen LogP contribution is -2.29. The van der Waals surface area contributed by atoms with Crippen LogP contribution in [0.15, 0.2) is 42.5 Å². The Bertz CT molecular complexity index is 669. The van der Waals surface area contributed by atoms with Crippen LogP contribution in [-0.2, 0) is 11.2 Å². The third kappa shape index (κ3) is 3.92. The van der Waals surface area contributed by atoms with E-state index in [1.165, 1.54) is 7.11 Å². The molecule has 5 heteroatoms. The van der Waals surface area contributed by atoms with Crippen molar-refractivity contribution in [3.63, 3.8) is 0 Å². The van der Waals surface area contributed by atoms with Gasteiger partial charge in [0, 0.05) is 11.4 Å². The van der Waals surface area contributed by atoms with Crippen LogP contribution in [0, 0.1) is 6.92 Å². The molecule has 116 valence electrons. The van der Waals surface area contributed by atoms with Gasteiger partial charge in [-0.1, -0.05) is 29.8 Å². The molecule has 1 N–H and O–H groups in total. The number of carboxylic acid groups (broad SMARTS) is 1. The fraction of sp³-hybridized carbons (Fsp3) is 0.235. The number of rotatable bonds is 6. The number of para-hydroxylation sites is 1. The van der Waals surface area contributed by atoms with E-state index in [2.05, 4.69) is 0 Å². The Balaban J connectivity index is 2.25. The summed E-state index contributed by atoms with van der Waals surface area (Å²) in [4.78, 5) is 11.5. The summed E-state index contributed by atoms with van der Waals surface area (Å²) < 4.78 is 10.9. The minimum atomic E-state index is -1.04. The van der Waals surface area contributed by atoms with Crippen molar-refractivity contribution in [3.05, 3.63) is 58.6 Å². The maximum Gasteiger partial charge on any atom is 0.345 e. The molecular formula is C17H17ClO4. The number of carbonyl (C=O) groups is 1. The molecule has 0 aliphatic heterocycles. The molecule has 4 nitrogen and oxygen atoms in total. The highest BCUT2D eigenvalue weighted by Gasteiger charge is 2.22. The zero-order chi connectivity index (χ0) is 16.1. The molecule has 0 heterocycles. The van der Waals surface area contributed by atoms with Gasteiger partial charge in [0.15, 0.2) is 6.10 Å². The van der Waals surface area contributed by atoms with Crippen LogP contribution in [0.2, 0.25) is 5.02 Å². The van der Waals surface area contributed by atoms with Gasteiger partial charge < -0.3 is 14.6 Å². The van der Waals surface area contributed by atoms with Gasteiger partial charge in [0.1, 0.15) is 11.5 Å². The zero-order valence-electron chi connectivity index (χ0n) is 12.4.